The SMILES string of the molecule is CC(C)=CCNc1nccc(C)c1C#N. The van der Waals surface area contributed by atoms with Crippen molar-refractivity contribution in [2.45, 2.75) is 20.8 Å². The zero-order valence-electron chi connectivity index (χ0n) is 9.33. The summed E-state index contributed by atoms with van der Waals surface area (Å²) in [5.74, 6) is 0.662. The number of hydrogen-bond acceptors (Lipinski definition) is 3. The lowest BCUT2D eigenvalue weighted by Crippen LogP contribution is -2.04. The molecule has 1 aromatic heterocycles. The first-order valence-electron chi connectivity index (χ1n) is 4.88. The van der Waals surface area contributed by atoms with E-state index in [1.807, 2.05) is 26.8 Å². The number of pyridine rings is 1. The highest BCUT2D eigenvalue weighted by Crippen LogP contribution is 2.14. The van der Waals surface area contributed by atoms with Gasteiger partial charge in [0, 0.05) is 12.7 Å². The highest BCUT2D eigenvalue weighted by atomic mass is 15.0. The molecule has 0 aliphatic rings. The third kappa shape index (κ3) is 3.10. The molecule has 0 aromatic carbocycles. The van der Waals surface area contributed by atoms with E-state index in [2.05, 4.69) is 22.4 Å². The number of nitrogens with one attached hydrogen (secondary N) is 1. The molecule has 78 valence electrons. The summed E-state index contributed by atoms with van der Waals surface area (Å²) < 4.78 is 0. The zero-order valence-corrected chi connectivity index (χ0v) is 9.33. The minimum absolute atomic E-state index is 0.625. The average molecular weight is 201 g/mol. The summed E-state index contributed by atoms with van der Waals surface area (Å²) in [5, 5.41) is 12.1. The predicted molar refractivity (Wildman–Crippen MR) is 61.6 cm³/mol. The van der Waals surface area contributed by atoms with Gasteiger partial charge in [-0.05, 0) is 32.4 Å². The third-order valence-electron chi connectivity index (χ3n) is 2.05. The number of rotatable bonds is 3. The number of anilines is 1. The summed E-state index contributed by atoms with van der Waals surface area (Å²) in [6.45, 7) is 6.69. The number of nitriles is 1. The second kappa shape index (κ2) is 5.16. The van der Waals surface area contributed by atoms with Crippen molar-refractivity contribution < 1.29 is 0 Å². The van der Waals surface area contributed by atoms with Gasteiger partial charge in [-0.15, -0.1) is 0 Å². The molecule has 1 rings (SSSR count). The minimum atomic E-state index is 0.625. The Morgan fingerprint density at radius 1 is 1.60 bits per heavy atom. The highest BCUT2D eigenvalue weighted by Gasteiger charge is 2.04. The Labute approximate surface area is 90.5 Å². The highest BCUT2D eigenvalue weighted by molar-refractivity contribution is 5.55. The van der Waals surface area contributed by atoms with Crippen molar-refractivity contribution in [2.24, 2.45) is 0 Å². The second-order valence-electron chi connectivity index (χ2n) is 3.63. The summed E-state index contributed by atoms with van der Waals surface area (Å²) in [5.41, 5.74) is 2.82. The maximum absolute atomic E-state index is 8.96. The van der Waals surface area contributed by atoms with Gasteiger partial charge in [0.25, 0.3) is 0 Å². The largest absolute Gasteiger partial charge is 0.365 e. The molecule has 3 nitrogen and oxygen atoms in total. The molecule has 0 bridgehead atoms. The van der Waals surface area contributed by atoms with Crippen LogP contribution in [-0.4, -0.2) is 11.5 Å². The number of hydrogen-bond donors (Lipinski definition) is 1. The standard InChI is InChI=1S/C12H15N3/c1-9(2)4-6-14-12-11(8-13)10(3)5-7-15-12/h4-5,7H,6H2,1-3H3,(H,14,15). The Bertz CT molecular complexity index is 409. The molecule has 0 atom stereocenters. The van der Waals surface area contributed by atoms with E-state index in [9.17, 15) is 0 Å². The van der Waals surface area contributed by atoms with E-state index in [4.69, 9.17) is 5.26 Å². The number of aromatic nitrogens is 1. The summed E-state index contributed by atoms with van der Waals surface area (Å²) >= 11 is 0. The zero-order chi connectivity index (χ0) is 11.3. The van der Waals surface area contributed by atoms with E-state index >= 15 is 0 Å². The Balaban J connectivity index is 2.82. The Hall–Kier alpha value is -1.82. The molecule has 1 heterocycles. The smallest absolute Gasteiger partial charge is 0.144 e. The van der Waals surface area contributed by atoms with Gasteiger partial charge in [-0.1, -0.05) is 11.6 Å². The van der Waals surface area contributed by atoms with Crippen LogP contribution < -0.4 is 5.32 Å². The Morgan fingerprint density at radius 3 is 2.93 bits per heavy atom. The van der Waals surface area contributed by atoms with Crippen LogP contribution in [0.3, 0.4) is 0 Å². The first-order valence-corrected chi connectivity index (χ1v) is 4.88. The quantitative estimate of drug-likeness (QED) is 0.765. The van der Waals surface area contributed by atoms with Crippen molar-refractivity contribution in [3.63, 3.8) is 0 Å². The van der Waals surface area contributed by atoms with E-state index < -0.39 is 0 Å². The molecule has 0 amide bonds. The molecule has 0 saturated carbocycles. The van der Waals surface area contributed by atoms with Gasteiger partial charge >= 0.3 is 0 Å². The van der Waals surface area contributed by atoms with E-state index in [-0.39, 0.29) is 0 Å². The molecule has 0 aliphatic heterocycles. The lowest BCUT2D eigenvalue weighted by molar-refractivity contribution is 1.18. The molecule has 3 heteroatoms. The van der Waals surface area contributed by atoms with Gasteiger partial charge in [-0.3, -0.25) is 0 Å². The van der Waals surface area contributed by atoms with Crippen LogP contribution in [0.15, 0.2) is 23.9 Å². The van der Waals surface area contributed by atoms with Crippen LogP contribution in [0.25, 0.3) is 0 Å². The molecule has 0 aliphatic carbocycles. The molecule has 0 saturated heterocycles. The summed E-state index contributed by atoms with van der Waals surface area (Å²) in [6.07, 6.45) is 3.77. The topological polar surface area (TPSA) is 48.7 Å². The molecule has 0 spiro atoms. The number of nitrogens with zero attached hydrogens (tertiary/aromatic N) is 2. The fraction of sp³-hybridized carbons (Fsp3) is 0.333. The molecule has 1 aromatic rings. The Morgan fingerprint density at radius 2 is 2.33 bits per heavy atom. The average Bonchev–Trinajstić information content (AvgIpc) is 2.17. The van der Waals surface area contributed by atoms with E-state index in [0.717, 1.165) is 5.56 Å². The fourth-order valence-electron chi connectivity index (χ4n) is 1.19. The molecular weight excluding hydrogens is 186 g/mol. The molecule has 15 heavy (non-hydrogen) atoms. The monoisotopic (exact) mass is 201 g/mol. The minimum Gasteiger partial charge on any atom is -0.365 e. The van der Waals surface area contributed by atoms with Crippen molar-refractivity contribution in [3.05, 3.63) is 35.0 Å². The van der Waals surface area contributed by atoms with Gasteiger partial charge in [-0.2, -0.15) is 5.26 Å². The molecule has 0 unspecified atom stereocenters. The lowest BCUT2D eigenvalue weighted by atomic mass is 10.1. The second-order valence-corrected chi connectivity index (χ2v) is 3.63. The van der Waals surface area contributed by atoms with E-state index in [1.54, 1.807) is 6.20 Å². The number of allylic oxidation sites excluding steroid dienone is 1. The van der Waals surface area contributed by atoms with Crippen molar-refractivity contribution in [3.8, 4) is 6.07 Å². The predicted octanol–water partition coefficient (Wildman–Crippen LogP) is 2.64. The summed E-state index contributed by atoms with van der Waals surface area (Å²) in [4.78, 5) is 4.14. The molecule has 0 fully saturated rings. The van der Waals surface area contributed by atoms with Gasteiger partial charge < -0.3 is 5.32 Å². The summed E-state index contributed by atoms with van der Waals surface area (Å²) in [7, 11) is 0. The fourth-order valence-corrected chi connectivity index (χ4v) is 1.19. The lowest BCUT2D eigenvalue weighted by Gasteiger charge is -2.06. The van der Waals surface area contributed by atoms with Gasteiger partial charge in [0.2, 0.25) is 0 Å². The van der Waals surface area contributed by atoms with Crippen LogP contribution in [-0.2, 0) is 0 Å². The van der Waals surface area contributed by atoms with Gasteiger partial charge in [0.05, 0.1) is 5.56 Å². The van der Waals surface area contributed by atoms with Gasteiger partial charge in [-0.25, -0.2) is 4.98 Å². The van der Waals surface area contributed by atoms with Crippen LogP contribution in [0.2, 0.25) is 0 Å². The van der Waals surface area contributed by atoms with Crippen molar-refractivity contribution in [1.29, 1.82) is 5.26 Å². The van der Waals surface area contributed by atoms with Crippen LogP contribution in [0.4, 0.5) is 5.82 Å². The van der Waals surface area contributed by atoms with Crippen molar-refractivity contribution >= 4 is 5.82 Å². The van der Waals surface area contributed by atoms with Gasteiger partial charge in [0.15, 0.2) is 0 Å². The van der Waals surface area contributed by atoms with Crippen LogP contribution in [0, 0.1) is 18.3 Å². The van der Waals surface area contributed by atoms with Crippen molar-refractivity contribution in [1.82, 2.24) is 4.98 Å². The van der Waals surface area contributed by atoms with Gasteiger partial charge in [0.1, 0.15) is 11.9 Å². The molecule has 0 radical (unpaired) electrons. The van der Waals surface area contributed by atoms with Crippen LogP contribution in [0.1, 0.15) is 25.0 Å². The normalized spacial score (nSPS) is 9.20. The maximum atomic E-state index is 8.96. The molecule has 1 N–H and O–H groups in total. The first kappa shape index (κ1) is 11.3. The summed E-state index contributed by atoms with van der Waals surface area (Å²) in [6, 6.07) is 3.99. The maximum Gasteiger partial charge on any atom is 0.144 e. The van der Waals surface area contributed by atoms with Crippen LogP contribution in [0.5, 0.6) is 0 Å². The third-order valence-corrected chi connectivity index (χ3v) is 2.05. The first-order chi connectivity index (χ1) is 7.15. The Kier molecular flexibility index (Phi) is 3.87. The van der Waals surface area contributed by atoms with E-state index in [1.165, 1.54) is 5.57 Å². The molecular formula is C12H15N3. The number of aryl methyl sites for hydroxylation is 1. The van der Waals surface area contributed by atoms with Crippen LogP contribution >= 0.6 is 0 Å². The van der Waals surface area contributed by atoms with Crippen molar-refractivity contribution in [2.75, 3.05) is 11.9 Å². The van der Waals surface area contributed by atoms with E-state index in [0.29, 0.717) is 17.9 Å².